The molecule has 0 amide bonds. The third-order valence-corrected chi connectivity index (χ3v) is 3.03. The van der Waals surface area contributed by atoms with E-state index in [2.05, 4.69) is 43.0 Å². The Hall–Kier alpha value is -1.22. The topological polar surface area (TPSA) is 64.9 Å². The van der Waals surface area contributed by atoms with Gasteiger partial charge < -0.3 is 10.1 Å². The molecule has 0 fully saturated rings. The zero-order chi connectivity index (χ0) is 13.0. The van der Waals surface area contributed by atoms with Crippen LogP contribution >= 0.6 is 22.6 Å². The number of rotatable bonds is 5. The third-order valence-electron chi connectivity index (χ3n) is 2.48. The Kier molecular flexibility index (Phi) is 4.48. The number of hydrogen-bond acceptors (Lipinski definition) is 5. The Balaban J connectivity index is 2.09. The van der Waals surface area contributed by atoms with Crippen LogP contribution in [0, 0.1) is 10.5 Å². The van der Waals surface area contributed by atoms with Crippen LogP contribution in [-0.2, 0) is 11.3 Å². The third kappa shape index (κ3) is 3.16. The molecular formula is C11H14IN5O. The maximum Gasteiger partial charge on any atom is 0.227 e. The highest BCUT2D eigenvalue weighted by Gasteiger charge is 2.07. The Morgan fingerprint density at radius 2 is 2.06 bits per heavy atom. The first-order valence-corrected chi connectivity index (χ1v) is 6.54. The van der Waals surface area contributed by atoms with Crippen molar-refractivity contribution in [2.45, 2.75) is 13.5 Å². The van der Waals surface area contributed by atoms with Crippen LogP contribution in [0.1, 0.15) is 5.69 Å². The van der Waals surface area contributed by atoms with Crippen molar-refractivity contribution in [3.63, 3.8) is 0 Å². The van der Waals surface area contributed by atoms with E-state index in [4.69, 9.17) is 4.74 Å². The van der Waals surface area contributed by atoms with Gasteiger partial charge in [-0.05, 0) is 29.5 Å². The van der Waals surface area contributed by atoms with Gasteiger partial charge in [0, 0.05) is 23.1 Å². The van der Waals surface area contributed by atoms with Crippen molar-refractivity contribution in [2.75, 3.05) is 19.0 Å². The molecule has 2 rings (SSSR count). The first-order chi connectivity index (χ1) is 8.70. The average molecular weight is 359 g/mol. The summed E-state index contributed by atoms with van der Waals surface area (Å²) in [6.07, 6.45) is 5.30. The summed E-state index contributed by atoms with van der Waals surface area (Å²) in [7, 11) is 1.68. The van der Waals surface area contributed by atoms with Crippen LogP contribution in [0.15, 0.2) is 18.6 Å². The largest absolute Gasteiger partial charge is 0.383 e. The van der Waals surface area contributed by atoms with Gasteiger partial charge in [0.25, 0.3) is 0 Å². The van der Waals surface area contributed by atoms with E-state index in [9.17, 15) is 0 Å². The lowest BCUT2D eigenvalue weighted by Gasteiger charge is -2.05. The summed E-state index contributed by atoms with van der Waals surface area (Å²) < 4.78 is 7.93. The fourth-order valence-corrected chi connectivity index (χ4v) is 1.75. The smallest absolute Gasteiger partial charge is 0.227 e. The van der Waals surface area contributed by atoms with E-state index in [0.29, 0.717) is 12.6 Å². The van der Waals surface area contributed by atoms with Gasteiger partial charge in [-0.1, -0.05) is 0 Å². The summed E-state index contributed by atoms with van der Waals surface area (Å²) in [5.41, 5.74) is 1.95. The van der Waals surface area contributed by atoms with Crippen LogP contribution in [0.2, 0.25) is 0 Å². The number of nitrogens with one attached hydrogen (secondary N) is 1. The molecule has 0 atom stereocenters. The Bertz CT molecular complexity index is 511. The van der Waals surface area contributed by atoms with Gasteiger partial charge in [0.15, 0.2) is 0 Å². The average Bonchev–Trinajstić information content (AvgIpc) is 2.71. The molecule has 1 N–H and O–H groups in total. The lowest BCUT2D eigenvalue weighted by molar-refractivity contribution is 0.183. The normalized spacial score (nSPS) is 10.6. The molecular weight excluding hydrogens is 345 g/mol. The first kappa shape index (κ1) is 13.2. The molecule has 0 spiro atoms. The van der Waals surface area contributed by atoms with E-state index >= 15 is 0 Å². The second kappa shape index (κ2) is 6.10. The monoisotopic (exact) mass is 359 g/mol. The highest BCUT2D eigenvalue weighted by atomic mass is 127. The van der Waals surface area contributed by atoms with Crippen LogP contribution < -0.4 is 5.32 Å². The molecule has 18 heavy (non-hydrogen) atoms. The van der Waals surface area contributed by atoms with Crippen molar-refractivity contribution >= 4 is 34.2 Å². The summed E-state index contributed by atoms with van der Waals surface area (Å²) in [5, 5.41) is 7.43. The van der Waals surface area contributed by atoms with Crippen LogP contribution in [0.5, 0.6) is 0 Å². The van der Waals surface area contributed by atoms with E-state index in [1.165, 1.54) is 0 Å². The maximum atomic E-state index is 5.03. The summed E-state index contributed by atoms with van der Waals surface area (Å²) in [6.45, 7) is 3.37. The van der Waals surface area contributed by atoms with Crippen LogP contribution in [0.4, 0.5) is 11.6 Å². The molecule has 0 saturated heterocycles. The van der Waals surface area contributed by atoms with Crippen molar-refractivity contribution in [1.29, 1.82) is 0 Å². The zero-order valence-corrected chi connectivity index (χ0v) is 12.4. The quantitative estimate of drug-likeness (QED) is 0.828. The minimum atomic E-state index is 0.574. The Morgan fingerprint density at radius 1 is 1.33 bits per heavy atom. The molecule has 0 aromatic carbocycles. The summed E-state index contributed by atoms with van der Waals surface area (Å²) in [5.74, 6) is 0.574. The van der Waals surface area contributed by atoms with Crippen molar-refractivity contribution in [3.05, 3.63) is 27.9 Å². The number of hydrogen-bond donors (Lipinski definition) is 1. The minimum Gasteiger partial charge on any atom is -0.383 e. The fraction of sp³-hybridized carbons (Fsp3) is 0.364. The number of methoxy groups -OCH3 is 1. The molecule has 0 saturated carbocycles. The molecule has 0 bridgehead atoms. The molecule has 0 aliphatic carbocycles. The SMILES string of the molecule is COCCn1ncc(Nc2ncc(I)cn2)c1C. The van der Waals surface area contributed by atoms with E-state index in [0.717, 1.165) is 21.5 Å². The van der Waals surface area contributed by atoms with Gasteiger partial charge in [0.1, 0.15) is 0 Å². The maximum absolute atomic E-state index is 5.03. The summed E-state index contributed by atoms with van der Waals surface area (Å²) in [6, 6.07) is 0. The van der Waals surface area contributed by atoms with Crippen molar-refractivity contribution in [2.24, 2.45) is 0 Å². The molecule has 7 heteroatoms. The van der Waals surface area contributed by atoms with E-state index in [-0.39, 0.29) is 0 Å². The summed E-state index contributed by atoms with van der Waals surface area (Å²) in [4.78, 5) is 8.39. The molecule has 2 aromatic heterocycles. The molecule has 0 aliphatic rings. The van der Waals surface area contributed by atoms with Crippen LogP contribution in [0.25, 0.3) is 0 Å². The number of nitrogens with zero attached hydrogens (tertiary/aromatic N) is 4. The Morgan fingerprint density at radius 3 is 2.72 bits per heavy atom. The molecule has 2 aromatic rings. The second-order valence-corrected chi connectivity index (χ2v) is 4.96. The molecule has 0 unspecified atom stereocenters. The highest BCUT2D eigenvalue weighted by molar-refractivity contribution is 14.1. The number of anilines is 2. The second-order valence-electron chi connectivity index (χ2n) is 3.71. The highest BCUT2D eigenvalue weighted by Crippen LogP contribution is 2.17. The molecule has 0 aliphatic heterocycles. The van der Waals surface area contributed by atoms with Gasteiger partial charge in [0.05, 0.1) is 30.7 Å². The zero-order valence-electron chi connectivity index (χ0n) is 10.2. The fourth-order valence-electron chi connectivity index (χ4n) is 1.47. The molecule has 6 nitrogen and oxygen atoms in total. The van der Waals surface area contributed by atoms with Crippen molar-refractivity contribution in [1.82, 2.24) is 19.7 Å². The van der Waals surface area contributed by atoms with Gasteiger partial charge in [0.2, 0.25) is 5.95 Å². The first-order valence-electron chi connectivity index (χ1n) is 5.46. The predicted octanol–water partition coefficient (Wildman–Crippen LogP) is 1.98. The number of halogens is 1. The number of aromatic nitrogens is 4. The lowest BCUT2D eigenvalue weighted by atomic mass is 10.4. The van der Waals surface area contributed by atoms with E-state index in [1.54, 1.807) is 25.7 Å². The van der Waals surface area contributed by atoms with Crippen LogP contribution in [0.3, 0.4) is 0 Å². The predicted molar refractivity (Wildman–Crippen MR) is 76.9 cm³/mol. The number of ether oxygens (including phenoxy) is 1. The van der Waals surface area contributed by atoms with Gasteiger partial charge in [-0.2, -0.15) is 5.10 Å². The van der Waals surface area contributed by atoms with Gasteiger partial charge >= 0.3 is 0 Å². The van der Waals surface area contributed by atoms with E-state index < -0.39 is 0 Å². The van der Waals surface area contributed by atoms with Gasteiger partial charge in [-0.25, -0.2) is 9.97 Å². The van der Waals surface area contributed by atoms with E-state index in [1.807, 2.05) is 11.6 Å². The lowest BCUT2D eigenvalue weighted by Crippen LogP contribution is -2.07. The minimum absolute atomic E-state index is 0.574. The van der Waals surface area contributed by atoms with Crippen LogP contribution in [-0.4, -0.2) is 33.5 Å². The molecule has 96 valence electrons. The van der Waals surface area contributed by atoms with Gasteiger partial charge in [-0.3, -0.25) is 4.68 Å². The summed E-state index contributed by atoms with van der Waals surface area (Å²) >= 11 is 2.17. The van der Waals surface area contributed by atoms with Crippen molar-refractivity contribution in [3.8, 4) is 0 Å². The van der Waals surface area contributed by atoms with Crippen molar-refractivity contribution < 1.29 is 4.74 Å². The Labute approximate surface area is 119 Å². The molecule has 2 heterocycles. The standard InChI is InChI=1S/C11H14IN5O/c1-8-10(7-15-17(8)3-4-18-2)16-11-13-5-9(12)6-14-11/h5-7H,3-4H2,1-2H3,(H,13,14,16). The molecule has 0 radical (unpaired) electrons. The van der Waals surface area contributed by atoms with Gasteiger partial charge in [-0.15, -0.1) is 0 Å².